The third-order valence-electron chi connectivity index (χ3n) is 13.9. The Kier molecular flexibility index (Phi) is 8.37. The Balaban J connectivity index is 1.01. The Morgan fingerprint density at radius 2 is 0.667 bits per heavy atom. The summed E-state index contributed by atoms with van der Waals surface area (Å²) in [7, 11) is 0. The molecule has 0 unspecified atom stereocenters. The first-order valence-electron chi connectivity index (χ1n) is 22.7. The van der Waals surface area contributed by atoms with Crippen LogP contribution in [0.3, 0.4) is 0 Å². The molecule has 2 heterocycles. The maximum atomic E-state index is 6.46. The molecule has 66 heavy (non-hydrogen) atoms. The van der Waals surface area contributed by atoms with Gasteiger partial charge in [-0.2, -0.15) is 0 Å². The van der Waals surface area contributed by atoms with E-state index in [2.05, 4.69) is 231 Å². The average Bonchev–Trinajstić information content (AvgIpc) is 3.96. The molecule has 306 valence electrons. The summed E-state index contributed by atoms with van der Waals surface area (Å²) in [4.78, 5) is 0. The van der Waals surface area contributed by atoms with Gasteiger partial charge >= 0.3 is 336 Å². The quantitative estimate of drug-likeness (QED) is 0.124. The molecule has 0 bridgehead atoms. The third kappa shape index (κ3) is 5.60. The van der Waals surface area contributed by atoms with Gasteiger partial charge in [0.15, 0.2) is 0 Å². The van der Waals surface area contributed by atoms with Crippen LogP contribution < -0.4 is 0 Å². The van der Waals surface area contributed by atoms with Crippen LogP contribution in [0.15, 0.2) is 235 Å². The van der Waals surface area contributed by atoms with Crippen LogP contribution in [0.4, 0.5) is 0 Å². The molecule has 14 rings (SSSR count). The molecule has 0 aliphatic rings. The SMILES string of the molecule is c1ccc(-c2ccc3oc4ccc(-c5c6ccccc6c(-c6cccc7[se]c8c(-c9c%10ccccc%10c(-c%10ccccc%10)c%10ccccc9%10)cccc8c67)c6ccccc56)cc4c3c2)cc1. The zero-order valence-electron chi connectivity index (χ0n) is 35.8. The Morgan fingerprint density at radius 1 is 0.258 bits per heavy atom. The van der Waals surface area contributed by atoms with Gasteiger partial charge in [-0.3, -0.25) is 0 Å². The van der Waals surface area contributed by atoms with E-state index in [1.54, 1.807) is 0 Å². The molecular weight excluding hydrogens is 864 g/mol. The van der Waals surface area contributed by atoms with Crippen molar-refractivity contribution in [3.8, 4) is 55.6 Å². The fraction of sp³-hybridized carbons (Fsp3) is 0. The van der Waals surface area contributed by atoms with E-state index in [0.717, 1.165) is 21.9 Å². The number of hydrogen-bond acceptors (Lipinski definition) is 1. The average molecular weight is 902 g/mol. The van der Waals surface area contributed by atoms with E-state index < -0.39 is 0 Å². The van der Waals surface area contributed by atoms with Gasteiger partial charge in [-0.1, -0.05) is 36.4 Å². The van der Waals surface area contributed by atoms with Gasteiger partial charge < -0.3 is 0 Å². The summed E-state index contributed by atoms with van der Waals surface area (Å²) in [5.41, 5.74) is 14.4. The summed E-state index contributed by atoms with van der Waals surface area (Å²) in [5, 5.41) is 15.1. The second kappa shape index (κ2) is 14.8. The molecule has 0 amide bonds. The van der Waals surface area contributed by atoms with Crippen molar-refractivity contribution in [1.29, 1.82) is 0 Å². The van der Waals surface area contributed by atoms with Gasteiger partial charge in [0.05, 0.1) is 0 Å². The predicted molar refractivity (Wildman–Crippen MR) is 283 cm³/mol. The standard InChI is InChI=1S/C64H38OSe/c1-3-17-39(18-4-1)41-33-35-56-54(37-41)55-38-42(34-36-57(55)65-56)60-45-23-9-11-25-47(45)61(48-26-12-10-24-46(48)60)51-29-16-32-58-63(51)53-31-15-30-52(64(53)66-58)62-49-27-13-7-21-43(49)59(40-19-5-2-6-20-40)44-22-8-14-28-50(44)62/h1-38H. The molecule has 2 heteroatoms. The first kappa shape index (κ1) is 37.4. The molecule has 2 aromatic heterocycles. The Labute approximate surface area is 387 Å². The fourth-order valence-electron chi connectivity index (χ4n) is 11.1. The molecule has 0 aliphatic carbocycles. The van der Waals surface area contributed by atoms with Crippen LogP contribution in [-0.4, -0.2) is 14.5 Å². The minimum atomic E-state index is 0.0896. The Morgan fingerprint density at radius 3 is 1.23 bits per heavy atom. The number of rotatable bonds is 5. The van der Waals surface area contributed by atoms with Gasteiger partial charge in [-0.05, 0) is 17.2 Å². The molecule has 0 spiro atoms. The van der Waals surface area contributed by atoms with E-state index in [0.29, 0.717) is 0 Å². The molecule has 0 radical (unpaired) electrons. The van der Waals surface area contributed by atoms with E-state index in [4.69, 9.17) is 4.42 Å². The van der Waals surface area contributed by atoms with Crippen LogP contribution in [-0.2, 0) is 0 Å². The molecule has 1 nitrogen and oxygen atoms in total. The normalized spacial score (nSPS) is 11.9. The van der Waals surface area contributed by atoms with Gasteiger partial charge in [0.1, 0.15) is 0 Å². The molecule has 0 fully saturated rings. The monoisotopic (exact) mass is 902 g/mol. The van der Waals surface area contributed by atoms with E-state index in [9.17, 15) is 0 Å². The second-order valence-electron chi connectivity index (χ2n) is 17.4. The van der Waals surface area contributed by atoms with Gasteiger partial charge in [0, 0.05) is 0 Å². The van der Waals surface area contributed by atoms with Crippen LogP contribution in [0.2, 0.25) is 0 Å². The van der Waals surface area contributed by atoms with Gasteiger partial charge in [0.25, 0.3) is 0 Å². The smallest absolute Gasteiger partial charge is 0.0617 e. The first-order valence-corrected chi connectivity index (χ1v) is 24.4. The number of hydrogen-bond donors (Lipinski definition) is 0. The van der Waals surface area contributed by atoms with Crippen molar-refractivity contribution < 1.29 is 4.42 Å². The summed E-state index contributed by atoms with van der Waals surface area (Å²) in [6, 6.07) is 85.1. The fourth-order valence-corrected chi connectivity index (χ4v) is 13.7. The van der Waals surface area contributed by atoms with Crippen molar-refractivity contribution in [3.05, 3.63) is 231 Å². The molecule has 0 saturated carbocycles. The zero-order valence-corrected chi connectivity index (χ0v) is 37.5. The summed E-state index contributed by atoms with van der Waals surface area (Å²) in [6.45, 7) is 0. The summed E-state index contributed by atoms with van der Waals surface area (Å²) >= 11 is 0.0896. The van der Waals surface area contributed by atoms with E-state index in [1.165, 1.54) is 118 Å². The molecular formula is C64H38OSe. The van der Waals surface area contributed by atoms with Gasteiger partial charge in [0.2, 0.25) is 0 Å². The number of fused-ring (bicyclic) bond motifs is 10. The summed E-state index contributed by atoms with van der Waals surface area (Å²) in [5.74, 6) is 0. The van der Waals surface area contributed by atoms with Gasteiger partial charge in [-0.25, -0.2) is 0 Å². The Hall–Kier alpha value is -8.00. The zero-order chi connectivity index (χ0) is 43.3. The molecule has 0 N–H and O–H groups in total. The second-order valence-corrected chi connectivity index (χ2v) is 19.6. The topological polar surface area (TPSA) is 13.1 Å². The first-order chi connectivity index (χ1) is 32.8. The van der Waals surface area contributed by atoms with Crippen molar-refractivity contribution in [2.24, 2.45) is 0 Å². The minimum absolute atomic E-state index is 0.0896. The number of furan rings is 1. The number of benzene rings is 12. The van der Waals surface area contributed by atoms with Crippen LogP contribution in [0.5, 0.6) is 0 Å². The van der Waals surface area contributed by atoms with Crippen molar-refractivity contribution in [1.82, 2.24) is 0 Å². The minimum Gasteiger partial charge on any atom is -0.0617 e. The molecule has 0 saturated heterocycles. The van der Waals surface area contributed by atoms with Crippen LogP contribution in [0.25, 0.3) is 140 Å². The molecule has 14 aromatic rings. The molecule has 0 atom stereocenters. The van der Waals surface area contributed by atoms with E-state index in [1.807, 2.05) is 0 Å². The van der Waals surface area contributed by atoms with Crippen molar-refractivity contribution >= 4 is 98.8 Å². The van der Waals surface area contributed by atoms with Crippen molar-refractivity contribution in [3.63, 3.8) is 0 Å². The Bertz CT molecular complexity index is 4160. The summed E-state index contributed by atoms with van der Waals surface area (Å²) in [6.07, 6.45) is 0. The summed E-state index contributed by atoms with van der Waals surface area (Å²) < 4.78 is 9.35. The van der Waals surface area contributed by atoms with Crippen LogP contribution in [0, 0.1) is 0 Å². The maximum absolute atomic E-state index is 6.46. The predicted octanol–water partition coefficient (Wildman–Crippen LogP) is 17.9. The third-order valence-corrected chi connectivity index (χ3v) is 16.4. The van der Waals surface area contributed by atoms with Crippen molar-refractivity contribution in [2.75, 3.05) is 0 Å². The van der Waals surface area contributed by atoms with Crippen LogP contribution in [0.1, 0.15) is 0 Å². The van der Waals surface area contributed by atoms with Crippen LogP contribution >= 0.6 is 0 Å². The van der Waals surface area contributed by atoms with Crippen molar-refractivity contribution in [2.45, 2.75) is 0 Å². The molecule has 12 aromatic carbocycles. The van der Waals surface area contributed by atoms with E-state index >= 15 is 0 Å². The van der Waals surface area contributed by atoms with E-state index in [-0.39, 0.29) is 14.5 Å². The van der Waals surface area contributed by atoms with Gasteiger partial charge in [-0.15, -0.1) is 0 Å². The molecule has 0 aliphatic heterocycles.